The van der Waals surface area contributed by atoms with Crippen LogP contribution in [0.25, 0.3) is 0 Å². The second kappa shape index (κ2) is 8.88. The number of para-hydroxylation sites is 1. The van der Waals surface area contributed by atoms with Gasteiger partial charge in [0.05, 0.1) is 12.8 Å². The molecule has 0 radical (unpaired) electrons. The number of halogens is 1. The maximum absolute atomic E-state index is 13.5. The lowest BCUT2D eigenvalue weighted by Crippen LogP contribution is -2.32. The minimum absolute atomic E-state index is 0.218. The highest BCUT2D eigenvalue weighted by Gasteiger charge is 2.41. The Balaban J connectivity index is 1.80. The summed E-state index contributed by atoms with van der Waals surface area (Å²) in [6.45, 7) is 1.94. The van der Waals surface area contributed by atoms with Crippen molar-refractivity contribution in [1.82, 2.24) is 0 Å². The molecule has 4 rings (SSSR count). The van der Waals surface area contributed by atoms with Crippen molar-refractivity contribution in [2.24, 2.45) is 0 Å². The molecule has 1 N–H and O–H groups in total. The lowest BCUT2D eigenvalue weighted by atomic mass is 10.2. The van der Waals surface area contributed by atoms with Crippen molar-refractivity contribution in [3.05, 3.63) is 94.0 Å². The number of benzene rings is 3. The second-order valence-corrected chi connectivity index (χ2v) is 8.34. The van der Waals surface area contributed by atoms with Crippen molar-refractivity contribution < 1.29 is 14.3 Å². The molecule has 0 aromatic heterocycles. The van der Waals surface area contributed by atoms with Gasteiger partial charge in [0.25, 0.3) is 11.8 Å². The van der Waals surface area contributed by atoms with Crippen molar-refractivity contribution in [3.63, 3.8) is 0 Å². The number of imide groups is 1. The van der Waals surface area contributed by atoms with Crippen LogP contribution >= 0.6 is 23.4 Å². The number of methoxy groups -OCH3 is 1. The van der Waals surface area contributed by atoms with Gasteiger partial charge in [0, 0.05) is 15.6 Å². The Morgan fingerprint density at radius 1 is 0.935 bits per heavy atom. The van der Waals surface area contributed by atoms with Gasteiger partial charge in [0.1, 0.15) is 16.4 Å². The minimum Gasteiger partial charge on any atom is -0.495 e. The van der Waals surface area contributed by atoms with E-state index in [1.165, 1.54) is 18.9 Å². The molecule has 1 aliphatic rings. The minimum atomic E-state index is -0.466. The number of carbonyl (C=O) groups is 2. The first-order valence-electron chi connectivity index (χ1n) is 9.51. The van der Waals surface area contributed by atoms with E-state index in [4.69, 9.17) is 16.3 Å². The predicted molar refractivity (Wildman–Crippen MR) is 125 cm³/mol. The van der Waals surface area contributed by atoms with Gasteiger partial charge in [0.15, 0.2) is 0 Å². The maximum atomic E-state index is 13.5. The Hall–Kier alpha value is -3.22. The third-order valence-electron chi connectivity index (χ3n) is 4.79. The zero-order valence-corrected chi connectivity index (χ0v) is 18.5. The van der Waals surface area contributed by atoms with Gasteiger partial charge < -0.3 is 10.1 Å². The summed E-state index contributed by atoms with van der Waals surface area (Å²) < 4.78 is 5.39. The van der Waals surface area contributed by atoms with Gasteiger partial charge in [-0.3, -0.25) is 9.59 Å². The van der Waals surface area contributed by atoms with E-state index in [-0.39, 0.29) is 5.70 Å². The van der Waals surface area contributed by atoms with Gasteiger partial charge in [-0.2, -0.15) is 0 Å². The summed E-state index contributed by atoms with van der Waals surface area (Å²) in [7, 11) is 1.48. The number of hydrogen-bond acceptors (Lipinski definition) is 5. The van der Waals surface area contributed by atoms with Gasteiger partial charge >= 0.3 is 0 Å². The molecule has 3 aromatic carbocycles. The third-order valence-corrected chi connectivity index (χ3v) is 6.12. The molecular weight excluding hydrogens is 432 g/mol. The maximum Gasteiger partial charge on any atom is 0.283 e. The molecule has 31 heavy (non-hydrogen) atoms. The van der Waals surface area contributed by atoms with Crippen LogP contribution in [0.3, 0.4) is 0 Å². The molecule has 0 unspecified atom stereocenters. The number of ether oxygens (including phenoxy) is 1. The number of nitrogens with one attached hydrogen (secondary N) is 1. The van der Waals surface area contributed by atoms with Crippen LogP contribution in [0, 0.1) is 6.92 Å². The molecule has 5 nitrogen and oxygen atoms in total. The zero-order chi connectivity index (χ0) is 22.0. The van der Waals surface area contributed by atoms with Crippen LogP contribution in [0.4, 0.5) is 11.4 Å². The highest BCUT2D eigenvalue weighted by Crippen LogP contribution is 2.41. The molecule has 0 fully saturated rings. The second-order valence-electron chi connectivity index (χ2n) is 6.82. The molecule has 0 saturated carbocycles. The van der Waals surface area contributed by atoms with E-state index in [9.17, 15) is 9.59 Å². The lowest BCUT2D eigenvalue weighted by molar-refractivity contribution is -0.120. The van der Waals surface area contributed by atoms with Gasteiger partial charge in [-0.25, -0.2) is 4.90 Å². The lowest BCUT2D eigenvalue weighted by Gasteiger charge is -2.18. The molecule has 3 aromatic rings. The number of hydrogen-bond donors (Lipinski definition) is 1. The van der Waals surface area contributed by atoms with E-state index in [1.54, 1.807) is 18.2 Å². The molecule has 156 valence electrons. The Morgan fingerprint density at radius 3 is 2.35 bits per heavy atom. The highest BCUT2D eigenvalue weighted by molar-refractivity contribution is 8.04. The number of carbonyl (C=O) groups excluding carboxylic acids is 2. The Morgan fingerprint density at radius 2 is 1.65 bits per heavy atom. The van der Waals surface area contributed by atoms with E-state index in [2.05, 4.69) is 5.32 Å². The molecule has 7 heteroatoms. The van der Waals surface area contributed by atoms with E-state index < -0.39 is 11.8 Å². The third kappa shape index (κ3) is 4.17. The number of anilines is 2. The smallest absolute Gasteiger partial charge is 0.283 e. The Labute approximate surface area is 189 Å². The summed E-state index contributed by atoms with van der Waals surface area (Å²) in [5, 5.41) is 3.58. The van der Waals surface area contributed by atoms with E-state index in [0.717, 1.165) is 21.0 Å². The van der Waals surface area contributed by atoms with Crippen molar-refractivity contribution in [1.29, 1.82) is 0 Å². The fourth-order valence-corrected chi connectivity index (χ4v) is 4.34. The standard InChI is InChI=1S/C24H19ClN2O3S/c1-15-8-6-7-11-18(15)26-21-22(31-17-9-4-3-5-10-17)24(29)27(23(21)28)19-14-16(25)12-13-20(19)30-2/h3-14,26H,1-2H3. The molecule has 0 spiro atoms. The molecule has 0 aliphatic carbocycles. The molecule has 0 atom stereocenters. The first-order valence-corrected chi connectivity index (χ1v) is 10.7. The van der Waals surface area contributed by atoms with Gasteiger partial charge in [0.2, 0.25) is 0 Å². The summed E-state index contributed by atoms with van der Waals surface area (Å²) in [5.74, 6) is -0.518. The van der Waals surface area contributed by atoms with Crippen molar-refractivity contribution in [2.75, 3.05) is 17.3 Å². The first kappa shape index (κ1) is 21.0. The molecule has 1 heterocycles. The zero-order valence-electron chi connectivity index (χ0n) is 16.9. The molecule has 0 bridgehead atoms. The van der Waals surface area contributed by atoms with E-state index in [0.29, 0.717) is 21.4 Å². The number of thioether (sulfide) groups is 1. The highest BCUT2D eigenvalue weighted by atomic mass is 35.5. The van der Waals surface area contributed by atoms with Crippen LogP contribution in [0.5, 0.6) is 5.75 Å². The molecule has 1 aliphatic heterocycles. The van der Waals surface area contributed by atoms with Gasteiger partial charge in [-0.15, -0.1) is 0 Å². The molecule has 0 saturated heterocycles. The molecular formula is C24H19ClN2O3S. The monoisotopic (exact) mass is 450 g/mol. The van der Waals surface area contributed by atoms with Crippen LogP contribution in [-0.2, 0) is 9.59 Å². The molecule has 2 amide bonds. The average Bonchev–Trinajstić information content (AvgIpc) is 3.00. The Bertz CT molecular complexity index is 1190. The van der Waals surface area contributed by atoms with Crippen LogP contribution in [0.2, 0.25) is 5.02 Å². The quantitative estimate of drug-likeness (QED) is 0.492. The van der Waals surface area contributed by atoms with Crippen molar-refractivity contribution in [2.45, 2.75) is 11.8 Å². The van der Waals surface area contributed by atoms with Gasteiger partial charge in [-0.1, -0.05) is 59.8 Å². The number of aryl methyl sites for hydroxylation is 1. The van der Waals surface area contributed by atoms with E-state index in [1.807, 2.05) is 61.5 Å². The summed E-state index contributed by atoms with van der Waals surface area (Å²) in [4.78, 5) is 29.2. The summed E-state index contributed by atoms with van der Waals surface area (Å²) >= 11 is 7.41. The summed E-state index contributed by atoms with van der Waals surface area (Å²) in [6, 6.07) is 21.9. The topological polar surface area (TPSA) is 58.6 Å². The van der Waals surface area contributed by atoms with Crippen LogP contribution in [0.15, 0.2) is 88.3 Å². The average molecular weight is 451 g/mol. The van der Waals surface area contributed by atoms with Crippen molar-refractivity contribution >= 4 is 46.6 Å². The van der Waals surface area contributed by atoms with Crippen LogP contribution in [0.1, 0.15) is 5.56 Å². The number of amides is 2. The summed E-state index contributed by atoms with van der Waals surface area (Å²) in [5.41, 5.74) is 2.23. The number of rotatable bonds is 6. The van der Waals surface area contributed by atoms with Gasteiger partial charge in [-0.05, 0) is 48.9 Å². The predicted octanol–water partition coefficient (Wildman–Crippen LogP) is 5.65. The SMILES string of the molecule is COc1ccc(Cl)cc1N1C(=O)C(Nc2ccccc2C)=C(Sc2ccccc2)C1=O. The fraction of sp³-hybridized carbons (Fsp3) is 0.0833. The normalized spacial score (nSPS) is 13.7. The Kier molecular flexibility index (Phi) is 6.02. The van der Waals surface area contributed by atoms with Crippen LogP contribution < -0.4 is 15.0 Å². The first-order chi connectivity index (χ1) is 15.0. The largest absolute Gasteiger partial charge is 0.495 e. The van der Waals surface area contributed by atoms with Crippen molar-refractivity contribution in [3.8, 4) is 5.75 Å². The van der Waals surface area contributed by atoms with E-state index >= 15 is 0 Å². The van der Waals surface area contributed by atoms with Crippen LogP contribution in [-0.4, -0.2) is 18.9 Å². The summed E-state index contributed by atoms with van der Waals surface area (Å²) in [6.07, 6.45) is 0. The number of nitrogens with zero attached hydrogens (tertiary/aromatic N) is 1. The fourth-order valence-electron chi connectivity index (χ4n) is 3.23.